The standard InChI is InChI=1S/C15H18FN3O2S/c1-3-19(4-2)15-10-7-13(11-17-15)18-22(20,21)14-8-5-12(16)6-9-14/h5-11,18H,3-4H2,1-2H3. The van der Waals surface area contributed by atoms with E-state index >= 15 is 0 Å². The van der Waals surface area contributed by atoms with Crippen molar-refractivity contribution in [3.63, 3.8) is 0 Å². The summed E-state index contributed by atoms with van der Waals surface area (Å²) in [6.07, 6.45) is 1.47. The van der Waals surface area contributed by atoms with E-state index in [9.17, 15) is 12.8 Å². The number of pyridine rings is 1. The zero-order valence-corrected chi connectivity index (χ0v) is 13.3. The maximum Gasteiger partial charge on any atom is 0.261 e. The van der Waals surface area contributed by atoms with Gasteiger partial charge in [0.25, 0.3) is 10.0 Å². The van der Waals surface area contributed by atoms with Crippen LogP contribution in [0.1, 0.15) is 13.8 Å². The van der Waals surface area contributed by atoms with Gasteiger partial charge in [-0.15, -0.1) is 0 Å². The van der Waals surface area contributed by atoms with Crippen LogP contribution in [0, 0.1) is 5.82 Å². The van der Waals surface area contributed by atoms with Crippen molar-refractivity contribution in [2.24, 2.45) is 0 Å². The average molecular weight is 323 g/mol. The summed E-state index contributed by atoms with van der Waals surface area (Å²) in [5.74, 6) is 0.305. The first kappa shape index (κ1) is 16.2. The van der Waals surface area contributed by atoms with Crippen LogP contribution in [0.4, 0.5) is 15.9 Å². The minimum absolute atomic E-state index is 0.00159. The molecule has 1 N–H and O–H groups in total. The lowest BCUT2D eigenvalue weighted by molar-refractivity contribution is 0.599. The molecule has 0 saturated heterocycles. The normalized spacial score (nSPS) is 11.2. The van der Waals surface area contributed by atoms with Gasteiger partial charge in [-0.1, -0.05) is 0 Å². The van der Waals surface area contributed by atoms with Gasteiger partial charge in [-0.25, -0.2) is 17.8 Å². The van der Waals surface area contributed by atoms with Crippen molar-refractivity contribution in [3.8, 4) is 0 Å². The second-order valence-electron chi connectivity index (χ2n) is 4.64. The van der Waals surface area contributed by atoms with Gasteiger partial charge >= 0.3 is 0 Å². The molecule has 0 amide bonds. The summed E-state index contributed by atoms with van der Waals surface area (Å²) < 4.78 is 39.6. The van der Waals surface area contributed by atoms with Crippen LogP contribution < -0.4 is 9.62 Å². The van der Waals surface area contributed by atoms with Crippen LogP contribution in [-0.4, -0.2) is 26.5 Å². The summed E-state index contributed by atoms with van der Waals surface area (Å²) in [5.41, 5.74) is 0.361. The Kier molecular flexibility index (Phi) is 4.97. The number of halogens is 1. The first-order valence-electron chi connectivity index (χ1n) is 6.95. The highest BCUT2D eigenvalue weighted by Gasteiger charge is 2.14. The first-order chi connectivity index (χ1) is 10.5. The number of sulfonamides is 1. The van der Waals surface area contributed by atoms with Crippen molar-refractivity contribution in [3.05, 3.63) is 48.4 Å². The minimum atomic E-state index is -3.74. The van der Waals surface area contributed by atoms with Crippen LogP contribution >= 0.6 is 0 Å². The number of hydrogen-bond donors (Lipinski definition) is 1. The zero-order valence-electron chi connectivity index (χ0n) is 12.5. The van der Waals surface area contributed by atoms with Crippen LogP contribution in [0.5, 0.6) is 0 Å². The van der Waals surface area contributed by atoms with Crippen molar-refractivity contribution in [1.29, 1.82) is 0 Å². The zero-order chi connectivity index (χ0) is 16.2. The van der Waals surface area contributed by atoms with Crippen molar-refractivity contribution in [2.45, 2.75) is 18.7 Å². The third-order valence-corrected chi connectivity index (χ3v) is 4.61. The number of benzene rings is 1. The molecular weight excluding hydrogens is 305 g/mol. The van der Waals surface area contributed by atoms with Crippen molar-refractivity contribution < 1.29 is 12.8 Å². The Bertz CT molecular complexity index is 711. The summed E-state index contributed by atoms with van der Waals surface area (Å²) in [5, 5.41) is 0. The maximum absolute atomic E-state index is 12.9. The first-order valence-corrected chi connectivity index (χ1v) is 8.44. The van der Waals surface area contributed by atoms with Crippen LogP contribution in [0.2, 0.25) is 0 Å². The quantitative estimate of drug-likeness (QED) is 0.888. The number of aromatic nitrogens is 1. The van der Waals surface area contributed by atoms with E-state index in [1.807, 2.05) is 13.8 Å². The van der Waals surface area contributed by atoms with Gasteiger partial charge in [0.2, 0.25) is 0 Å². The second-order valence-corrected chi connectivity index (χ2v) is 6.32. The Morgan fingerprint density at radius 1 is 1.09 bits per heavy atom. The predicted molar refractivity (Wildman–Crippen MR) is 85.0 cm³/mol. The molecule has 2 aromatic rings. The molecule has 22 heavy (non-hydrogen) atoms. The van der Waals surface area contributed by atoms with E-state index in [0.717, 1.165) is 31.0 Å². The van der Waals surface area contributed by atoms with Gasteiger partial charge in [0, 0.05) is 13.1 Å². The Hall–Kier alpha value is -2.15. The van der Waals surface area contributed by atoms with E-state index in [1.54, 1.807) is 12.1 Å². The fraction of sp³-hybridized carbons (Fsp3) is 0.267. The van der Waals surface area contributed by atoms with Gasteiger partial charge in [-0.2, -0.15) is 0 Å². The second kappa shape index (κ2) is 6.74. The third-order valence-electron chi connectivity index (χ3n) is 3.21. The third kappa shape index (κ3) is 3.73. The minimum Gasteiger partial charge on any atom is -0.357 e. The van der Waals surface area contributed by atoms with Crippen LogP contribution in [0.3, 0.4) is 0 Å². The van der Waals surface area contributed by atoms with E-state index in [1.165, 1.54) is 18.3 Å². The highest BCUT2D eigenvalue weighted by Crippen LogP contribution is 2.18. The Morgan fingerprint density at radius 2 is 1.73 bits per heavy atom. The lowest BCUT2D eigenvalue weighted by Crippen LogP contribution is -2.22. The molecule has 0 unspecified atom stereocenters. The van der Waals surface area contributed by atoms with Gasteiger partial charge < -0.3 is 4.90 Å². The molecule has 5 nitrogen and oxygen atoms in total. The molecule has 1 aromatic heterocycles. The highest BCUT2D eigenvalue weighted by molar-refractivity contribution is 7.92. The van der Waals surface area contributed by atoms with Crippen molar-refractivity contribution in [2.75, 3.05) is 22.7 Å². The molecule has 0 aliphatic carbocycles. The molecule has 0 spiro atoms. The van der Waals surface area contributed by atoms with Gasteiger partial charge in [0.1, 0.15) is 11.6 Å². The van der Waals surface area contributed by atoms with E-state index in [4.69, 9.17) is 0 Å². The smallest absolute Gasteiger partial charge is 0.261 e. The molecule has 118 valence electrons. The molecule has 7 heteroatoms. The Balaban J connectivity index is 2.18. The van der Waals surface area contributed by atoms with Crippen molar-refractivity contribution in [1.82, 2.24) is 4.98 Å². The molecule has 1 heterocycles. The number of nitrogens with zero attached hydrogens (tertiary/aromatic N) is 2. The molecule has 0 bridgehead atoms. The molecule has 0 aliphatic heterocycles. The number of anilines is 2. The number of nitrogens with one attached hydrogen (secondary N) is 1. The Labute approximate surface area is 129 Å². The summed E-state index contributed by atoms with van der Waals surface area (Å²) in [6.45, 7) is 5.70. The van der Waals surface area contributed by atoms with Crippen molar-refractivity contribution >= 4 is 21.5 Å². The lowest BCUT2D eigenvalue weighted by Gasteiger charge is -2.19. The average Bonchev–Trinajstić information content (AvgIpc) is 2.50. The van der Waals surface area contributed by atoms with E-state index in [0.29, 0.717) is 5.69 Å². The highest BCUT2D eigenvalue weighted by atomic mass is 32.2. The number of rotatable bonds is 6. The maximum atomic E-state index is 12.9. The SMILES string of the molecule is CCN(CC)c1ccc(NS(=O)(=O)c2ccc(F)cc2)cn1. The van der Waals surface area contributed by atoms with E-state index in [2.05, 4.69) is 14.6 Å². The predicted octanol–water partition coefficient (Wildman–Crippen LogP) is 2.87. The molecule has 0 aliphatic rings. The summed E-state index contributed by atoms with van der Waals surface area (Å²) >= 11 is 0. The van der Waals surface area contributed by atoms with Crippen LogP contribution in [-0.2, 0) is 10.0 Å². The molecule has 0 radical (unpaired) electrons. The molecule has 0 atom stereocenters. The summed E-state index contributed by atoms with van der Waals surface area (Å²) in [7, 11) is -3.74. The van der Waals surface area contributed by atoms with Gasteiger partial charge in [0.15, 0.2) is 0 Å². The topological polar surface area (TPSA) is 62.3 Å². The summed E-state index contributed by atoms with van der Waals surface area (Å²) in [6, 6.07) is 8.06. The van der Waals surface area contributed by atoms with Crippen LogP contribution in [0.15, 0.2) is 47.5 Å². The lowest BCUT2D eigenvalue weighted by atomic mass is 10.4. The Morgan fingerprint density at radius 3 is 2.23 bits per heavy atom. The summed E-state index contributed by atoms with van der Waals surface area (Å²) in [4.78, 5) is 6.31. The number of hydrogen-bond acceptors (Lipinski definition) is 4. The van der Waals surface area contributed by atoms with Gasteiger partial charge in [-0.3, -0.25) is 4.72 Å². The van der Waals surface area contributed by atoms with Gasteiger partial charge in [0.05, 0.1) is 16.8 Å². The van der Waals surface area contributed by atoms with Crippen LogP contribution in [0.25, 0.3) is 0 Å². The molecule has 2 rings (SSSR count). The molecule has 0 fully saturated rings. The van der Waals surface area contributed by atoms with Gasteiger partial charge in [-0.05, 0) is 50.2 Å². The fourth-order valence-corrected chi connectivity index (χ4v) is 3.05. The molecular formula is C15H18FN3O2S. The van der Waals surface area contributed by atoms with E-state index < -0.39 is 15.8 Å². The molecule has 0 saturated carbocycles. The fourth-order valence-electron chi connectivity index (χ4n) is 2.01. The molecule has 1 aromatic carbocycles. The monoisotopic (exact) mass is 323 g/mol. The largest absolute Gasteiger partial charge is 0.357 e. The van der Waals surface area contributed by atoms with E-state index in [-0.39, 0.29) is 4.90 Å².